The molecule has 0 atom stereocenters. The van der Waals surface area contributed by atoms with Crippen LogP contribution in [0.1, 0.15) is 101 Å². The van der Waals surface area contributed by atoms with E-state index in [9.17, 15) is 19.2 Å². The van der Waals surface area contributed by atoms with Crippen molar-refractivity contribution < 1.29 is 32.3 Å². The Kier molecular flexibility index (Phi) is 13.8. The number of halogens is 2. The molecule has 0 radical (unpaired) electrons. The summed E-state index contributed by atoms with van der Waals surface area (Å²) in [5.74, 6) is -0.348. The van der Waals surface area contributed by atoms with Crippen LogP contribution in [0.25, 0.3) is 5.57 Å². The molecule has 5 N–H and O–H groups in total. The van der Waals surface area contributed by atoms with Crippen LogP contribution in [-0.2, 0) is 9.59 Å². The maximum absolute atomic E-state index is 16.0. The molecule has 2 fully saturated rings. The molecule has 0 aliphatic carbocycles. The number of nitrogens with one attached hydrogen (secondary N) is 3. The molecule has 4 aliphatic heterocycles. The second kappa shape index (κ2) is 19.7. The zero-order valence-corrected chi connectivity index (χ0v) is 39.7. The number of amides is 4. The van der Waals surface area contributed by atoms with Gasteiger partial charge >= 0.3 is 6.97 Å². The molecule has 354 valence electrons. The van der Waals surface area contributed by atoms with Gasteiger partial charge in [0.1, 0.15) is 11.5 Å². The minimum atomic E-state index is -4.05. The van der Waals surface area contributed by atoms with Crippen molar-refractivity contribution in [3.05, 3.63) is 136 Å². The van der Waals surface area contributed by atoms with E-state index in [4.69, 9.17) is 22.9 Å². The summed E-state index contributed by atoms with van der Waals surface area (Å²) < 4.78 is 34.4. The molecule has 2 saturated heterocycles. The van der Waals surface area contributed by atoms with Crippen LogP contribution in [0.15, 0.2) is 96.7 Å². The minimum absolute atomic E-state index is 0.0467. The van der Waals surface area contributed by atoms with Gasteiger partial charge in [0.2, 0.25) is 11.8 Å². The van der Waals surface area contributed by atoms with Crippen LogP contribution in [-0.4, -0.2) is 116 Å². The Morgan fingerprint density at radius 3 is 2.21 bits per heavy atom. The fourth-order valence-corrected chi connectivity index (χ4v) is 10.1. The third-order valence-corrected chi connectivity index (χ3v) is 13.6. The number of carbonyl (C=O) groups excluding carboxylic acids is 4. The number of fused-ring (bicyclic) bond motifs is 2. The number of carbonyl (C=O) groups is 4. The van der Waals surface area contributed by atoms with Crippen LogP contribution in [0.5, 0.6) is 0 Å². The number of nitrogens with zero attached hydrogens (tertiary/aromatic N) is 6. The number of benzene rings is 2. The lowest BCUT2D eigenvalue weighted by atomic mass is 9.84. The molecule has 0 bridgehead atoms. The second-order valence-corrected chi connectivity index (χ2v) is 18.3. The fourth-order valence-electron chi connectivity index (χ4n) is 9.92. The molecular formula is C50H57BF2N10O4S. The van der Waals surface area contributed by atoms with Gasteiger partial charge in [0.25, 0.3) is 11.8 Å². The van der Waals surface area contributed by atoms with E-state index < -0.39 is 12.9 Å². The number of piperazine rings is 1. The molecule has 14 nitrogen and oxygen atoms in total. The first kappa shape index (κ1) is 47.5. The SMILES string of the molecule is C=CC(=O)N1CCC(c2ccc(C(N)=O)c(Nc3ccc(C(=O)N4CCN(C(=O)CCCCNC(=S)Nc5ccc(C6=C7C(C)=CC(C)=[N+]7[B-](F)(F)n7c(C)cc(C)c76)cc5)CC4)cc3)n2)CC1. The van der Waals surface area contributed by atoms with Crippen LogP contribution in [0.4, 0.5) is 25.8 Å². The summed E-state index contributed by atoms with van der Waals surface area (Å²) in [6.07, 6.45) is 6.39. The van der Waals surface area contributed by atoms with Crippen LogP contribution < -0.4 is 21.7 Å². The predicted molar refractivity (Wildman–Crippen MR) is 266 cm³/mol. The van der Waals surface area contributed by atoms with Gasteiger partial charge in [0.05, 0.1) is 11.1 Å². The molecule has 8 rings (SSSR count). The topological polar surface area (TPSA) is 161 Å². The highest BCUT2D eigenvalue weighted by molar-refractivity contribution is 7.80. The van der Waals surface area contributed by atoms with Crippen LogP contribution in [0, 0.1) is 13.8 Å². The Morgan fingerprint density at radius 2 is 1.54 bits per heavy atom. The molecule has 0 saturated carbocycles. The summed E-state index contributed by atoms with van der Waals surface area (Å²) in [4.78, 5) is 61.0. The molecule has 4 aromatic rings. The Bertz CT molecular complexity index is 2790. The summed E-state index contributed by atoms with van der Waals surface area (Å²) in [6.45, 7) is 10.2. The van der Waals surface area contributed by atoms with Crippen LogP contribution in [0.2, 0.25) is 0 Å². The number of hydrogen-bond acceptors (Lipinski definition) is 7. The van der Waals surface area contributed by atoms with E-state index >= 15 is 8.63 Å². The van der Waals surface area contributed by atoms with Gasteiger partial charge in [-0.15, -0.1) is 0 Å². The lowest BCUT2D eigenvalue weighted by molar-refractivity contribution is -0.363. The van der Waals surface area contributed by atoms with Crippen molar-refractivity contribution in [2.75, 3.05) is 56.4 Å². The quantitative estimate of drug-likeness (QED) is 0.0475. The van der Waals surface area contributed by atoms with Gasteiger partial charge < -0.3 is 54.0 Å². The molecular weight excluding hydrogens is 885 g/mol. The number of thiocarbonyl (C=S) groups is 1. The number of hydrogen-bond donors (Lipinski definition) is 4. The van der Waals surface area contributed by atoms with Crippen LogP contribution >= 0.6 is 12.2 Å². The highest BCUT2D eigenvalue weighted by Gasteiger charge is 2.55. The van der Waals surface area contributed by atoms with Crippen molar-refractivity contribution in [3.8, 4) is 0 Å². The number of pyridine rings is 1. The van der Waals surface area contributed by atoms with E-state index in [2.05, 4.69) is 22.5 Å². The third-order valence-electron chi connectivity index (χ3n) is 13.4. The van der Waals surface area contributed by atoms with Gasteiger partial charge in [0.15, 0.2) is 10.8 Å². The molecule has 18 heteroatoms. The fraction of sp³-hybridized carbons (Fsp3) is 0.340. The zero-order valence-electron chi connectivity index (χ0n) is 38.9. The van der Waals surface area contributed by atoms with Gasteiger partial charge in [0, 0.05) is 105 Å². The van der Waals surface area contributed by atoms with E-state index in [0.717, 1.165) is 52.9 Å². The zero-order chi connectivity index (χ0) is 48.4. The molecule has 2 aromatic carbocycles. The second-order valence-electron chi connectivity index (χ2n) is 17.9. The Labute approximate surface area is 400 Å². The number of nitrogens with two attached hydrogens (primary N) is 1. The average molecular weight is 943 g/mol. The summed E-state index contributed by atoms with van der Waals surface area (Å²) in [5.41, 5.74) is 14.0. The molecule has 6 heterocycles. The Morgan fingerprint density at radius 1 is 0.882 bits per heavy atom. The number of unbranched alkanes of at least 4 members (excludes halogenated alkanes) is 1. The van der Waals surface area contributed by atoms with Crippen molar-refractivity contribution in [2.24, 2.45) is 5.73 Å². The van der Waals surface area contributed by atoms with Gasteiger partial charge in [-0.2, -0.15) is 0 Å². The maximum Gasteiger partial charge on any atom is 0.737 e. The number of anilines is 3. The van der Waals surface area contributed by atoms with Gasteiger partial charge in [-0.1, -0.05) is 18.7 Å². The van der Waals surface area contributed by atoms with Crippen LogP contribution in [0.3, 0.4) is 0 Å². The monoisotopic (exact) mass is 942 g/mol. The number of aromatic nitrogens is 2. The summed E-state index contributed by atoms with van der Waals surface area (Å²) >= 11 is 5.56. The van der Waals surface area contributed by atoms with Crippen molar-refractivity contribution in [3.63, 3.8) is 0 Å². The minimum Gasteiger partial charge on any atom is -0.393 e. The normalized spacial score (nSPS) is 16.8. The summed E-state index contributed by atoms with van der Waals surface area (Å²) in [6, 6.07) is 19.9. The maximum atomic E-state index is 16.0. The summed E-state index contributed by atoms with van der Waals surface area (Å²) in [7, 11) is 0. The van der Waals surface area contributed by atoms with Gasteiger partial charge in [-0.05, 0) is 136 Å². The predicted octanol–water partition coefficient (Wildman–Crippen LogP) is 7.10. The Balaban J connectivity index is 0.766. The smallest absolute Gasteiger partial charge is 0.393 e. The van der Waals surface area contributed by atoms with Crippen molar-refractivity contribution in [1.82, 2.24) is 29.5 Å². The van der Waals surface area contributed by atoms with Gasteiger partial charge in [-0.3, -0.25) is 19.2 Å². The molecule has 0 spiro atoms. The van der Waals surface area contributed by atoms with E-state index in [1.54, 1.807) is 58.9 Å². The number of rotatable bonds is 13. The molecule has 4 amide bonds. The number of likely N-dealkylation sites (tertiary alicyclic amines) is 1. The number of aryl methyl sites for hydroxylation is 2. The number of piperidine rings is 1. The van der Waals surface area contributed by atoms with E-state index in [1.807, 2.05) is 56.3 Å². The average Bonchev–Trinajstić information content (AvgIpc) is 3.82. The number of allylic oxidation sites excluding steroid dienone is 2. The largest absolute Gasteiger partial charge is 0.737 e. The molecule has 2 aromatic heterocycles. The van der Waals surface area contributed by atoms with Gasteiger partial charge in [-0.25, -0.2) is 4.98 Å². The van der Waals surface area contributed by atoms with Crippen molar-refractivity contribution in [2.45, 2.75) is 65.7 Å². The highest BCUT2D eigenvalue weighted by Crippen LogP contribution is 2.44. The molecule has 4 aliphatic rings. The first-order valence-corrected chi connectivity index (χ1v) is 23.5. The lowest BCUT2D eigenvalue weighted by Crippen LogP contribution is -2.51. The first-order chi connectivity index (χ1) is 32.5. The number of primary amides is 1. The molecule has 68 heavy (non-hydrogen) atoms. The molecule has 0 unspecified atom stereocenters. The van der Waals surface area contributed by atoms with E-state index in [-0.39, 0.29) is 29.2 Å². The standard InChI is InChI=1S/C50H57BF2N10O4S/c1-6-42(64)59-23-20-35(21-24-59)41-19-18-40(47(54)66)48(58-41)56-38-16-12-37(13-17-38)49(67)61-27-25-60(26-28-61)43(65)9-7-8-22-55-50(68)57-39-14-10-36(11-15-39)44-45-31(2)29-33(4)62(45)51(52,53)63-34(5)30-32(3)46(44)63/h6,10-19,29-30,35H,1,7-9,20-28H2,2-5H3,(H2,54,66)(H,56,58)(H2,55,57,68). The van der Waals surface area contributed by atoms with E-state index in [0.29, 0.717) is 104 Å². The van der Waals surface area contributed by atoms with E-state index in [1.165, 1.54) is 15.0 Å². The lowest BCUT2D eigenvalue weighted by Gasteiger charge is -2.35. The van der Waals surface area contributed by atoms with Crippen molar-refractivity contribution in [1.29, 1.82) is 0 Å². The van der Waals surface area contributed by atoms with Crippen molar-refractivity contribution >= 4 is 76.4 Å². The Hall–Kier alpha value is -6.95. The summed E-state index contributed by atoms with van der Waals surface area (Å²) in [5, 5.41) is 10.1. The third kappa shape index (κ3) is 9.59. The highest BCUT2D eigenvalue weighted by atomic mass is 32.1. The first-order valence-electron chi connectivity index (χ1n) is 23.1.